The third-order valence-corrected chi connectivity index (χ3v) is 3.13. The Bertz CT molecular complexity index is 136. The summed E-state index contributed by atoms with van der Waals surface area (Å²) in [4.78, 5) is 0. The van der Waals surface area contributed by atoms with E-state index in [1.165, 1.54) is 25.7 Å². The first-order valence-electron chi connectivity index (χ1n) is 4.79. The highest BCUT2D eigenvalue weighted by molar-refractivity contribution is 4.90. The van der Waals surface area contributed by atoms with Gasteiger partial charge in [0.2, 0.25) is 0 Å². The fraction of sp³-hybridized carbons (Fsp3) is 1.00. The average molecular weight is 155 g/mol. The van der Waals surface area contributed by atoms with Crippen molar-refractivity contribution in [1.29, 1.82) is 0 Å². The van der Waals surface area contributed by atoms with Crippen LogP contribution >= 0.6 is 0 Å². The molecule has 64 valence electrons. The first-order chi connectivity index (χ1) is 5.38. The number of aliphatic hydroxyl groups excluding tert-OH is 1. The summed E-state index contributed by atoms with van der Waals surface area (Å²) in [5.74, 6) is 0.771. The molecule has 0 aromatic heterocycles. The van der Waals surface area contributed by atoms with Crippen LogP contribution in [-0.2, 0) is 0 Å². The SMILES string of the molecule is OC1CCCC2CCCNC12. The highest BCUT2D eigenvalue weighted by atomic mass is 16.3. The van der Waals surface area contributed by atoms with Crippen molar-refractivity contribution in [1.82, 2.24) is 5.32 Å². The molecule has 1 aliphatic carbocycles. The minimum absolute atomic E-state index is 0.0611. The van der Waals surface area contributed by atoms with Crippen LogP contribution in [0.1, 0.15) is 32.1 Å². The lowest BCUT2D eigenvalue weighted by atomic mass is 9.78. The van der Waals surface area contributed by atoms with Gasteiger partial charge >= 0.3 is 0 Å². The molecular formula is C9H17NO. The Morgan fingerprint density at radius 3 is 2.73 bits per heavy atom. The Morgan fingerprint density at radius 2 is 1.91 bits per heavy atom. The zero-order valence-corrected chi connectivity index (χ0v) is 6.92. The van der Waals surface area contributed by atoms with Crippen LogP contribution in [-0.4, -0.2) is 23.8 Å². The monoisotopic (exact) mass is 155 g/mol. The fourth-order valence-corrected chi connectivity index (χ4v) is 2.52. The summed E-state index contributed by atoms with van der Waals surface area (Å²) >= 11 is 0. The summed E-state index contributed by atoms with van der Waals surface area (Å²) in [5, 5.41) is 13.1. The molecule has 2 aliphatic rings. The van der Waals surface area contributed by atoms with Crippen molar-refractivity contribution in [2.24, 2.45) is 5.92 Å². The molecule has 1 aliphatic heterocycles. The topological polar surface area (TPSA) is 32.3 Å². The van der Waals surface area contributed by atoms with Crippen LogP contribution in [0.2, 0.25) is 0 Å². The molecule has 0 bridgehead atoms. The van der Waals surface area contributed by atoms with Gasteiger partial charge in [0.25, 0.3) is 0 Å². The Balaban J connectivity index is 1.99. The van der Waals surface area contributed by atoms with Crippen LogP contribution in [0.3, 0.4) is 0 Å². The van der Waals surface area contributed by atoms with E-state index >= 15 is 0 Å². The molecule has 2 heteroatoms. The standard InChI is InChI=1S/C9H17NO/c11-8-5-1-3-7-4-2-6-10-9(7)8/h7-11H,1-6H2. The highest BCUT2D eigenvalue weighted by Crippen LogP contribution is 2.30. The first-order valence-corrected chi connectivity index (χ1v) is 4.79. The summed E-state index contributed by atoms with van der Waals surface area (Å²) in [6.45, 7) is 1.11. The molecule has 1 heterocycles. The number of piperidine rings is 1. The molecule has 3 atom stereocenters. The molecule has 2 rings (SSSR count). The summed E-state index contributed by atoms with van der Waals surface area (Å²) in [6.07, 6.45) is 6.13. The smallest absolute Gasteiger partial charge is 0.0695 e. The Labute approximate surface area is 68.0 Å². The summed E-state index contributed by atoms with van der Waals surface area (Å²) < 4.78 is 0. The van der Waals surface area contributed by atoms with Crippen molar-refractivity contribution in [2.75, 3.05) is 6.54 Å². The maximum Gasteiger partial charge on any atom is 0.0695 e. The second-order valence-electron chi connectivity index (χ2n) is 3.88. The van der Waals surface area contributed by atoms with Crippen LogP contribution in [0, 0.1) is 5.92 Å². The maximum atomic E-state index is 9.64. The lowest BCUT2D eigenvalue weighted by Gasteiger charge is -2.39. The third kappa shape index (κ3) is 1.42. The van der Waals surface area contributed by atoms with E-state index in [2.05, 4.69) is 5.32 Å². The summed E-state index contributed by atoms with van der Waals surface area (Å²) in [7, 11) is 0. The van der Waals surface area contributed by atoms with Gasteiger partial charge in [0.15, 0.2) is 0 Å². The molecule has 0 spiro atoms. The minimum Gasteiger partial charge on any atom is -0.391 e. The number of aliphatic hydroxyl groups is 1. The van der Waals surface area contributed by atoms with Gasteiger partial charge in [0.05, 0.1) is 6.10 Å². The number of fused-ring (bicyclic) bond motifs is 1. The van der Waals surface area contributed by atoms with Crippen LogP contribution in [0.4, 0.5) is 0 Å². The van der Waals surface area contributed by atoms with Gasteiger partial charge in [-0.15, -0.1) is 0 Å². The van der Waals surface area contributed by atoms with Gasteiger partial charge < -0.3 is 10.4 Å². The molecular weight excluding hydrogens is 138 g/mol. The van der Waals surface area contributed by atoms with Gasteiger partial charge in [0, 0.05) is 6.04 Å². The Kier molecular flexibility index (Phi) is 2.14. The molecule has 11 heavy (non-hydrogen) atoms. The number of rotatable bonds is 0. The average Bonchev–Trinajstić information content (AvgIpc) is 2.06. The van der Waals surface area contributed by atoms with Crippen molar-refractivity contribution in [3.05, 3.63) is 0 Å². The van der Waals surface area contributed by atoms with Crippen molar-refractivity contribution >= 4 is 0 Å². The van der Waals surface area contributed by atoms with Crippen molar-refractivity contribution < 1.29 is 5.11 Å². The molecule has 0 amide bonds. The first kappa shape index (κ1) is 7.56. The van der Waals surface area contributed by atoms with E-state index in [0.29, 0.717) is 6.04 Å². The molecule has 0 aromatic carbocycles. The number of hydrogen-bond donors (Lipinski definition) is 2. The van der Waals surface area contributed by atoms with E-state index in [9.17, 15) is 5.11 Å². The van der Waals surface area contributed by atoms with E-state index in [-0.39, 0.29) is 6.10 Å². The second kappa shape index (κ2) is 3.11. The van der Waals surface area contributed by atoms with E-state index in [0.717, 1.165) is 18.9 Å². The Morgan fingerprint density at radius 1 is 1.09 bits per heavy atom. The normalized spacial score (nSPS) is 45.0. The number of nitrogens with one attached hydrogen (secondary N) is 1. The van der Waals surface area contributed by atoms with E-state index in [4.69, 9.17) is 0 Å². The molecule has 2 fully saturated rings. The zero-order valence-electron chi connectivity index (χ0n) is 6.92. The summed E-state index contributed by atoms with van der Waals surface area (Å²) in [6, 6.07) is 0.428. The van der Waals surface area contributed by atoms with Gasteiger partial charge in [-0.25, -0.2) is 0 Å². The predicted molar refractivity (Wildman–Crippen MR) is 44.4 cm³/mol. The van der Waals surface area contributed by atoms with Gasteiger partial charge in [-0.05, 0) is 38.1 Å². The lowest BCUT2D eigenvalue weighted by Crippen LogP contribution is -2.51. The third-order valence-electron chi connectivity index (χ3n) is 3.13. The van der Waals surface area contributed by atoms with E-state index in [1.807, 2.05) is 0 Å². The maximum absolute atomic E-state index is 9.64. The van der Waals surface area contributed by atoms with Gasteiger partial charge in [-0.2, -0.15) is 0 Å². The number of hydrogen-bond acceptors (Lipinski definition) is 2. The van der Waals surface area contributed by atoms with Crippen LogP contribution < -0.4 is 5.32 Å². The zero-order chi connectivity index (χ0) is 7.68. The minimum atomic E-state index is -0.0611. The Hall–Kier alpha value is -0.0800. The second-order valence-corrected chi connectivity index (χ2v) is 3.88. The quantitative estimate of drug-likeness (QED) is 0.544. The van der Waals surface area contributed by atoms with Crippen LogP contribution in [0.15, 0.2) is 0 Å². The van der Waals surface area contributed by atoms with Gasteiger partial charge in [-0.1, -0.05) is 6.42 Å². The van der Waals surface area contributed by atoms with Crippen molar-refractivity contribution in [3.63, 3.8) is 0 Å². The van der Waals surface area contributed by atoms with Crippen LogP contribution in [0.25, 0.3) is 0 Å². The molecule has 3 unspecified atom stereocenters. The molecule has 2 N–H and O–H groups in total. The van der Waals surface area contributed by atoms with E-state index < -0.39 is 0 Å². The molecule has 0 radical (unpaired) electrons. The lowest BCUT2D eigenvalue weighted by molar-refractivity contribution is 0.0424. The van der Waals surface area contributed by atoms with Gasteiger partial charge in [0.1, 0.15) is 0 Å². The highest BCUT2D eigenvalue weighted by Gasteiger charge is 2.33. The van der Waals surface area contributed by atoms with Gasteiger partial charge in [-0.3, -0.25) is 0 Å². The van der Waals surface area contributed by atoms with Crippen LogP contribution in [0.5, 0.6) is 0 Å². The molecule has 1 saturated heterocycles. The fourth-order valence-electron chi connectivity index (χ4n) is 2.52. The largest absolute Gasteiger partial charge is 0.391 e. The molecule has 0 aromatic rings. The van der Waals surface area contributed by atoms with Crippen molar-refractivity contribution in [2.45, 2.75) is 44.2 Å². The van der Waals surface area contributed by atoms with E-state index in [1.54, 1.807) is 0 Å². The molecule has 1 saturated carbocycles. The molecule has 2 nitrogen and oxygen atoms in total. The summed E-state index contributed by atoms with van der Waals surface area (Å²) in [5.41, 5.74) is 0. The predicted octanol–water partition coefficient (Wildman–Crippen LogP) is 0.899. The van der Waals surface area contributed by atoms with Crippen molar-refractivity contribution in [3.8, 4) is 0 Å².